The van der Waals surface area contributed by atoms with Crippen molar-refractivity contribution in [2.24, 2.45) is 5.73 Å². The summed E-state index contributed by atoms with van der Waals surface area (Å²) in [6.07, 6.45) is 0.830. The number of ether oxygens (including phenoxy) is 1. The van der Waals surface area contributed by atoms with E-state index in [1.807, 2.05) is 18.2 Å². The molecule has 0 bridgehead atoms. The highest BCUT2D eigenvalue weighted by Crippen LogP contribution is 2.27. The maximum atomic E-state index is 6.27. The second kappa shape index (κ2) is 6.97. The van der Waals surface area contributed by atoms with Crippen LogP contribution in [-0.4, -0.2) is 6.54 Å². The zero-order valence-corrected chi connectivity index (χ0v) is 13.6. The lowest BCUT2D eigenvalue weighted by Crippen LogP contribution is -2.04. The fraction of sp³-hybridized carbons (Fsp3) is 0.333. The van der Waals surface area contributed by atoms with Crippen LogP contribution in [-0.2, 0) is 13.0 Å². The predicted molar refractivity (Wildman–Crippen MR) is 89.2 cm³/mol. The van der Waals surface area contributed by atoms with Crippen molar-refractivity contribution in [2.75, 3.05) is 6.54 Å². The molecule has 0 spiro atoms. The van der Waals surface area contributed by atoms with Gasteiger partial charge in [0, 0.05) is 0 Å². The predicted octanol–water partition coefficient (Wildman–Crippen LogP) is 4.35. The number of benzene rings is 2. The Hall–Kier alpha value is -1.51. The molecule has 0 atom stereocenters. The summed E-state index contributed by atoms with van der Waals surface area (Å²) in [6.45, 7) is 7.50. The molecule has 2 aromatic rings. The summed E-state index contributed by atoms with van der Waals surface area (Å²) in [4.78, 5) is 0. The normalized spacial score (nSPS) is 10.7. The van der Waals surface area contributed by atoms with Crippen LogP contribution in [0.5, 0.6) is 5.75 Å². The van der Waals surface area contributed by atoms with Crippen molar-refractivity contribution >= 4 is 11.6 Å². The molecule has 2 aromatic carbocycles. The molecule has 0 amide bonds. The van der Waals surface area contributed by atoms with Crippen molar-refractivity contribution in [1.29, 1.82) is 0 Å². The number of nitrogens with two attached hydrogens (primary N) is 1. The highest BCUT2D eigenvalue weighted by Gasteiger charge is 2.07. The van der Waals surface area contributed by atoms with Crippen LogP contribution in [0.4, 0.5) is 0 Å². The van der Waals surface area contributed by atoms with Crippen molar-refractivity contribution in [3.05, 3.63) is 63.2 Å². The van der Waals surface area contributed by atoms with Gasteiger partial charge in [-0.1, -0.05) is 35.4 Å². The Morgan fingerprint density at radius 1 is 1.05 bits per heavy atom. The number of aryl methyl sites for hydroxylation is 3. The first kappa shape index (κ1) is 15.9. The van der Waals surface area contributed by atoms with E-state index in [1.54, 1.807) is 0 Å². The molecule has 0 saturated carbocycles. The summed E-state index contributed by atoms with van der Waals surface area (Å²) in [7, 11) is 0. The third-order valence-corrected chi connectivity index (χ3v) is 3.94. The largest absolute Gasteiger partial charge is 0.487 e. The van der Waals surface area contributed by atoms with E-state index in [2.05, 4.69) is 32.9 Å². The van der Waals surface area contributed by atoms with Gasteiger partial charge in [0.15, 0.2) is 0 Å². The molecule has 0 aliphatic heterocycles. The molecule has 0 unspecified atom stereocenters. The van der Waals surface area contributed by atoms with Crippen LogP contribution < -0.4 is 10.5 Å². The van der Waals surface area contributed by atoms with Crippen LogP contribution in [0.15, 0.2) is 30.3 Å². The zero-order valence-electron chi connectivity index (χ0n) is 12.9. The van der Waals surface area contributed by atoms with E-state index < -0.39 is 0 Å². The van der Waals surface area contributed by atoms with Gasteiger partial charge < -0.3 is 10.5 Å². The highest BCUT2D eigenvalue weighted by atomic mass is 35.5. The molecule has 0 radical (unpaired) electrons. The second-order valence-electron chi connectivity index (χ2n) is 5.47. The Morgan fingerprint density at radius 2 is 1.71 bits per heavy atom. The molecule has 2 rings (SSSR count). The van der Waals surface area contributed by atoms with Crippen LogP contribution in [0.3, 0.4) is 0 Å². The van der Waals surface area contributed by atoms with Gasteiger partial charge in [-0.2, -0.15) is 0 Å². The molecule has 2 nitrogen and oxygen atoms in total. The van der Waals surface area contributed by atoms with E-state index in [0.29, 0.717) is 18.2 Å². The zero-order chi connectivity index (χ0) is 15.4. The topological polar surface area (TPSA) is 35.2 Å². The fourth-order valence-electron chi connectivity index (χ4n) is 2.57. The average Bonchev–Trinajstić information content (AvgIpc) is 2.40. The molecule has 0 aromatic heterocycles. The molecular formula is C18H22ClNO. The standard InChI is InChI=1S/C18H22ClNO/c1-12-8-13(2)16(14(3)9-12)11-21-18-5-4-15(6-7-20)10-17(18)19/h4-5,8-10H,6-7,11,20H2,1-3H3. The van der Waals surface area contributed by atoms with Crippen LogP contribution >= 0.6 is 11.6 Å². The van der Waals surface area contributed by atoms with Crippen molar-refractivity contribution in [2.45, 2.75) is 33.8 Å². The first-order chi connectivity index (χ1) is 10.0. The van der Waals surface area contributed by atoms with E-state index in [4.69, 9.17) is 22.1 Å². The highest BCUT2D eigenvalue weighted by molar-refractivity contribution is 6.32. The molecule has 0 aliphatic rings. The average molecular weight is 304 g/mol. The Morgan fingerprint density at radius 3 is 2.29 bits per heavy atom. The van der Waals surface area contributed by atoms with E-state index in [9.17, 15) is 0 Å². The van der Waals surface area contributed by atoms with Crippen LogP contribution in [0.1, 0.15) is 27.8 Å². The quantitative estimate of drug-likeness (QED) is 0.891. The summed E-state index contributed by atoms with van der Waals surface area (Å²) in [5.74, 6) is 0.719. The molecular weight excluding hydrogens is 282 g/mol. The fourth-order valence-corrected chi connectivity index (χ4v) is 2.83. The Bertz CT molecular complexity index is 614. The van der Waals surface area contributed by atoms with E-state index >= 15 is 0 Å². The van der Waals surface area contributed by atoms with Gasteiger partial charge in [-0.3, -0.25) is 0 Å². The minimum Gasteiger partial charge on any atom is -0.487 e. The Kier molecular flexibility index (Phi) is 5.27. The molecule has 21 heavy (non-hydrogen) atoms. The Balaban J connectivity index is 2.13. The second-order valence-corrected chi connectivity index (χ2v) is 5.88. The van der Waals surface area contributed by atoms with Gasteiger partial charge in [0.2, 0.25) is 0 Å². The smallest absolute Gasteiger partial charge is 0.138 e. The van der Waals surface area contributed by atoms with Gasteiger partial charge in [-0.05, 0) is 68.1 Å². The molecule has 3 heteroatoms. The number of halogens is 1. The summed E-state index contributed by atoms with van der Waals surface area (Å²) in [6, 6.07) is 10.2. The number of rotatable bonds is 5. The molecule has 0 fully saturated rings. The lowest BCUT2D eigenvalue weighted by Gasteiger charge is -2.14. The third-order valence-electron chi connectivity index (χ3n) is 3.64. The van der Waals surface area contributed by atoms with E-state index in [0.717, 1.165) is 17.7 Å². The van der Waals surface area contributed by atoms with E-state index in [1.165, 1.54) is 22.3 Å². The maximum Gasteiger partial charge on any atom is 0.138 e. The first-order valence-corrected chi connectivity index (χ1v) is 7.57. The first-order valence-electron chi connectivity index (χ1n) is 7.19. The lowest BCUT2D eigenvalue weighted by atomic mass is 10.0. The molecule has 0 heterocycles. The van der Waals surface area contributed by atoms with Crippen molar-refractivity contribution in [3.8, 4) is 5.75 Å². The van der Waals surface area contributed by atoms with Gasteiger partial charge in [-0.15, -0.1) is 0 Å². The monoisotopic (exact) mass is 303 g/mol. The summed E-state index contributed by atoms with van der Waals surface area (Å²) < 4.78 is 5.89. The third kappa shape index (κ3) is 3.99. The van der Waals surface area contributed by atoms with Gasteiger partial charge in [0.05, 0.1) is 5.02 Å². The van der Waals surface area contributed by atoms with Gasteiger partial charge in [-0.25, -0.2) is 0 Å². The Labute approximate surface area is 131 Å². The van der Waals surface area contributed by atoms with Crippen LogP contribution in [0, 0.1) is 20.8 Å². The van der Waals surface area contributed by atoms with Gasteiger partial charge >= 0.3 is 0 Å². The van der Waals surface area contributed by atoms with Crippen molar-refractivity contribution in [1.82, 2.24) is 0 Å². The molecule has 0 saturated heterocycles. The summed E-state index contributed by atoms with van der Waals surface area (Å²) in [5.41, 5.74) is 11.7. The summed E-state index contributed by atoms with van der Waals surface area (Å²) in [5, 5.41) is 0.642. The number of hydrogen-bond acceptors (Lipinski definition) is 2. The van der Waals surface area contributed by atoms with Crippen molar-refractivity contribution in [3.63, 3.8) is 0 Å². The van der Waals surface area contributed by atoms with Gasteiger partial charge in [0.25, 0.3) is 0 Å². The molecule has 112 valence electrons. The van der Waals surface area contributed by atoms with Crippen LogP contribution in [0.2, 0.25) is 5.02 Å². The molecule has 2 N–H and O–H groups in total. The molecule has 0 aliphatic carbocycles. The maximum absolute atomic E-state index is 6.27. The van der Waals surface area contributed by atoms with Crippen LogP contribution in [0.25, 0.3) is 0 Å². The lowest BCUT2D eigenvalue weighted by molar-refractivity contribution is 0.304. The SMILES string of the molecule is Cc1cc(C)c(COc2ccc(CCN)cc2Cl)c(C)c1. The minimum atomic E-state index is 0.536. The number of hydrogen-bond donors (Lipinski definition) is 1. The summed E-state index contributed by atoms with van der Waals surface area (Å²) >= 11 is 6.27. The minimum absolute atomic E-state index is 0.536. The van der Waals surface area contributed by atoms with Crippen molar-refractivity contribution < 1.29 is 4.74 Å². The van der Waals surface area contributed by atoms with E-state index in [-0.39, 0.29) is 0 Å². The van der Waals surface area contributed by atoms with Gasteiger partial charge in [0.1, 0.15) is 12.4 Å².